The van der Waals surface area contributed by atoms with Crippen LogP contribution in [0.4, 0.5) is 5.69 Å². The van der Waals surface area contributed by atoms with Crippen molar-refractivity contribution in [1.82, 2.24) is 0 Å². The standard InChI is InChI=1S/C20H16IN/c21-18-13-7-8-14-19(18)22-20(17-11-5-2-6-12-17)15-16-9-3-1-4-10-16/h1-14H,15H2. The first kappa shape index (κ1) is 15.0. The van der Waals surface area contributed by atoms with Gasteiger partial charge in [-0.2, -0.15) is 0 Å². The number of halogens is 1. The zero-order valence-electron chi connectivity index (χ0n) is 12.1. The Morgan fingerprint density at radius 3 is 2.00 bits per heavy atom. The molecular weight excluding hydrogens is 381 g/mol. The Labute approximate surface area is 144 Å². The van der Waals surface area contributed by atoms with Crippen LogP contribution in [-0.2, 0) is 6.42 Å². The largest absolute Gasteiger partial charge is 0.251 e. The molecule has 0 saturated heterocycles. The minimum atomic E-state index is 0.829. The Hall–Kier alpha value is -1.94. The average molecular weight is 397 g/mol. The predicted octanol–water partition coefficient (Wildman–Crippen LogP) is 5.65. The van der Waals surface area contributed by atoms with E-state index in [4.69, 9.17) is 4.99 Å². The summed E-state index contributed by atoms with van der Waals surface area (Å²) in [6.07, 6.45) is 0.829. The van der Waals surface area contributed by atoms with Gasteiger partial charge in [0.05, 0.1) is 11.4 Å². The lowest BCUT2D eigenvalue weighted by Crippen LogP contribution is -2.05. The number of aliphatic imine (C=N–C) groups is 1. The number of hydrogen-bond acceptors (Lipinski definition) is 1. The van der Waals surface area contributed by atoms with Gasteiger partial charge in [0.1, 0.15) is 0 Å². The van der Waals surface area contributed by atoms with Crippen LogP contribution in [0.5, 0.6) is 0 Å². The SMILES string of the molecule is Ic1ccccc1N=C(Cc1ccccc1)c1ccccc1. The summed E-state index contributed by atoms with van der Waals surface area (Å²) in [5.41, 5.74) is 4.57. The number of benzene rings is 3. The topological polar surface area (TPSA) is 12.4 Å². The summed E-state index contributed by atoms with van der Waals surface area (Å²) in [4.78, 5) is 4.93. The summed E-state index contributed by atoms with van der Waals surface area (Å²) < 4.78 is 1.17. The molecule has 0 aliphatic carbocycles. The molecule has 0 spiro atoms. The van der Waals surface area contributed by atoms with Crippen molar-refractivity contribution in [2.75, 3.05) is 0 Å². The fourth-order valence-electron chi connectivity index (χ4n) is 2.31. The Balaban J connectivity index is 2.02. The molecule has 3 rings (SSSR count). The molecule has 0 aliphatic heterocycles. The third-order valence-corrected chi connectivity index (χ3v) is 4.34. The monoisotopic (exact) mass is 397 g/mol. The highest BCUT2D eigenvalue weighted by molar-refractivity contribution is 14.1. The Bertz CT molecular complexity index is 764. The number of nitrogens with zero attached hydrogens (tertiary/aromatic N) is 1. The van der Waals surface area contributed by atoms with Gasteiger partial charge in [-0.25, -0.2) is 0 Å². The molecule has 0 aromatic heterocycles. The van der Waals surface area contributed by atoms with E-state index < -0.39 is 0 Å². The molecule has 2 heteroatoms. The Morgan fingerprint density at radius 1 is 0.727 bits per heavy atom. The van der Waals surface area contributed by atoms with Gasteiger partial charge in [0.15, 0.2) is 0 Å². The van der Waals surface area contributed by atoms with Crippen LogP contribution in [0, 0.1) is 3.57 Å². The van der Waals surface area contributed by atoms with Crippen LogP contribution >= 0.6 is 22.6 Å². The van der Waals surface area contributed by atoms with Crippen LogP contribution in [0.3, 0.4) is 0 Å². The van der Waals surface area contributed by atoms with Gasteiger partial charge < -0.3 is 0 Å². The van der Waals surface area contributed by atoms with Gasteiger partial charge in [-0.15, -0.1) is 0 Å². The van der Waals surface area contributed by atoms with Crippen molar-refractivity contribution in [2.45, 2.75) is 6.42 Å². The van der Waals surface area contributed by atoms with Crippen LogP contribution in [0.15, 0.2) is 89.9 Å². The van der Waals surface area contributed by atoms with Gasteiger partial charge in [-0.05, 0) is 45.9 Å². The van der Waals surface area contributed by atoms with E-state index in [1.807, 2.05) is 24.3 Å². The normalized spacial score (nSPS) is 11.4. The molecule has 0 saturated carbocycles. The summed E-state index contributed by atoms with van der Waals surface area (Å²) in [5.74, 6) is 0. The maximum Gasteiger partial charge on any atom is 0.0766 e. The number of hydrogen-bond donors (Lipinski definition) is 0. The molecule has 0 fully saturated rings. The first-order valence-corrected chi connectivity index (χ1v) is 8.32. The van der Waals surface area contributed by atoms with Crippen LogP contribution in [0.1, 0.15) is 11.1 Å². The van der Waals surface area contributed by atoms with Gasteiger partial charge in [0.25, 0.3) is 0 Å². The molecule has 3 aromatic carbocycles. The molecule has 0 bridgehead atoms. The summed E-state index contributed by atoms with van der Waals surface area (Å²) in [6.45, 7) is 0. The van der Waals surface area contributed by atoms with Crippen molar-refractivity contribution < 1.29 is 0 Å². The molecule has 22 heavy (non-hydrogen) atoms. The highest BCUT2D eigenvalue weighted by Gasteiger charge is 2.06. The van der Waals surface area contributed by atoms with E-state index in [0.717, 1.165) is 17.8 Å². The minimum absolute atomic E-state index is 0.829. The van der Waals surface area contributed by atoms with E-state index in [1.165, 1.54) is 14.7 Å². The van der Waals surface area contributed by atoms with E-state index in [0.29, 0.717) is 0 Å². The predicted molar refractivity (Wildman–Crippen MR) is 102 cm³/mol. The molecule has 0 heterocycles. The van der Waals surface area contributed by atoms with Gasteiger partial charge in [0, 0.05) is 9.99 Å². The van der Waals surface area contributed by atoms with Gasteiger partial charge in [-0.3, -0.25) is 4.99 Å². The van der Waals surface area contributed by atoms with E-state index in [2.05, 4.69) is 83.3 Å². The Morgan fingerprint density at radius 2 is 1.32 bits per heavy atom. The molecule has 108 valence electrons. The average Bonchev–Trinajstić information content (AvgIpc) is 2.58. The lowest BCUT2D eigenvalue weighted by atomic mass is 10.0. The lowest BCUT2D eigenvalue weighted by molar-refractivity contribution is 1.29. The van der Waals surface area contributed by atoms with Gasteiger partial charge in [0.2, 0.25) is 0 Å². The van der Waals surface area contributed by atoms with E-state index in [9.17, 15) is 0 Å². The van der Waals surface area contributed by atoms with Crippen molar-refractivity contribution in [3.63, 3.8) is 0 Å². The molecule has 0 amide bonds. The molecule has 3 aromatic rings. The maximum absolute atomic E-state index is 4.93. The first-order valence-electron chi connectivity index (χ1n) is 7.24. The third-order valence-electron chi connectivity index (χ3n) is 3.43. The second kappa shape index (κ2) is 7.36. The minimum Gasteiger partial charge on any atom is -0.251 e. The van der Waals surface area contributed by atoms with Crippen LogP contribution in [0.2, 0.25) is 0 Å². The zero-order valence-corrected chi connectivity index (χ0v) is 14.3. The van der Waals surface area contributed by atoms with Gasteiger partial charge in [-0.1, -0.05) is 72.8 Å². The van der Waals surface area contributed by atoms with Gasteiger partial charge >= 0.3 is 0 Å². The first-order chi connectivity index (χ1) is 10.8. The highest BCUT2D eigenvalue weighted by Crippen LogP contribution is 2.22. The lowest BCUT2D eigenvalue weighted by Gasteiger charge is -2.08. The summed E-state index contributed by atoms with van der Waals surface area (Å²) in [7, 11) is 0. The summed E-state index contributed by atoms with van der Waals surface area (Å²) >= 11 is 2.34. The smallest absolute Gasteiger partial charge is 0.0766 e. The van der Waals surface area contributed by atoms with Crippen molar-refractivity contribution >= 4 is 34.0 Å². The third kappa shape index (κ3) is 3.83. The molecule has 1 nitrogen and oxygen atoms in total. The summed E-state index contributed by atoms with van der Waals surface area (Å²) in [6, 6.07) is 29.1. The molecule has 0 atom stereocenters. The van der Waals surface area contributed by atoms with E-state index in [-0.39, 0.29) is 0 Å². The molecular formula is C20H16IN. The zero-order chi connectivity index (χ0) is 15.2. The summed E-state index contributed by atoms with van der Waals surface area (Å²) in [5, 5.41) is 0. The highest BCUT2D eigenvalue weighted by atomic mass is 127. The van der Waals surface area contributed by atoms with Crippen molar-refractivity contribution in [3.8, 4) is 0 Å². The van der Waals surface area contributed by atoms with Crippen molar-refractivity contribution in [2.24, 2.45) is 4.99 Å². The number of rotatable bonds is 4. The second-order valence-electron chi connectivity index (χ2n) is 5.04. The quantitative estimate of drug-likeness (QED) is 0.398. The second-order valence-corrected chi connectivity index (χ2v) is 6.20. The fourth-order valence-corrected chi connectivity index (χ4v) is 2.82. The van der Waals surface area contributed by atoms with Crippen LogP contribution in [-0.4, -0.2) is 5.71 Å². The van der Waals surface area contributed by atoms with E-state index >= 15 is 0 Å². The van der Waals surface area contributed by atoms with Crippen molar-refractivity contribution in [3.05, 3.63) is 99.6 Å². The number of para-hydroxylation sites is 1. The van der Waals surface area contributed by atoms with E-state index in [1.54, 1.807) is 0 Å². The molecule has 0 aliphatic rings. The molecule has 0 unspecified atom stereocenters. The fraction of sp³-hybridized carbons (Fsp3) is 0.0500. The Kier molecular flexibility index (Phi) is 5.01. The van der Waals surface area contributed by atoms with Crippen molar-refractivity contribution in [1.29, 1.82) is 0 Å². The molecule has 0 radical (unpaired) electrons. The van der Waals surface area contributed by atoms with Crippen LogP contribution < -0.4 is 0 Å². The van der Waals surface area contributed by atoms with Crippen LogP contribution in [0.25, 0.3) is 0 Å². The molecule has 0 N–H and O–H groups in total. The maximum atomic E-state index is 4.93.